The standard InChI is InChI=1S/C15H15N3O2S/c1-15(2)17-18(11-7-4-3-5-8-11)14(21-15)16-13(19)12-9-6-10-20-12/h3-10,17H,1-2H3. The van der Waals surface area contributed by atoms with Crippen LogP contribution in [0.3, 0.4) is 0 Å². The summed E-state index contributed by atoms with van der Waals surface area (Å²) < 4.78 is 5.09. The van der Waals surface area contributed by atoms with Crippen LogP contribution in [-0.2, 0) is 0 Å². The zero-order chi connectivity index (χ0) is 14.9. The van der Waals surface area contributed by atoms with Crippen LogP contribution >= 0.6 is 11.8 Å². The lowest BCUT2D eigenvalue weighted by molar-refractivity contribution is 0.0976. The number of furan rings is 1. The lowest BCUT2D eigenvalue weighted by Crippen LogP contribution is -2.42. The fourth-order valence-electron chi connectivity index (χ4n) is 1.98. The highest BCUT2D eigenvalue weighted by molar-refractivity contribution is 8.15. The van der Waals surface area contributed by atoms with Gasteiger partial charge < -0.3 is 4.42 Å². The number of aliphatic imine (C=N–C) groups is 1. The molecule has 1 aromatic heterocycles. The minimum absolute atomic E-state index is 0.237. The second kappa shape index (κ2) is 5.38. The summed E-state index contributed by atoms with van der Waals surface area (Å²) in [6.07, 6.45) is 1.46. The normalized spacial score (nSPS) is 19.1. The van der Waals surface area contributed by atoms with Gasteiger partial charge in [-0.1, -0.05) is 30.0 Å². The van der Waals surface area contributed by atoms with Gasteiger partial charge in [0.2, 0.25) is 0 Å². The molecule has 1 fully saturated rings. The molecular weight excluding hydrogens is 286 g/mol. The predicted octanol–water partition coefficient (Wildman–Crippen LogP) is 3.27. The highest BCUT2D eigenvalue weighted by atomic mass is 32.2. The summed E-state index contributed by atoms with van der Waals surface area (Å²) in [6, 6.07) is 13.0. The molecule has 1 amide bonds. The van der Waals surface area contributed by atoms with Gasteiger partial charge in [0.15, 0.2) is 10.9 Å². The summed E-state index contributed by atoms with van der Waals surface area (Å²) in [4.78, 5) is 16.0. The van der Waals surface area contributed by atoms with E-state index in [1.54, 1.807) is 12.1 Å². The molecule has 0 radical (unpaired) electrons. The number of para-hydroxylation sites is 1. The van der Waals surface area contributed by atoms with E-state index in [1.165, 1.54) is 18.0 Å². The maximum atomic E-state index is 12.1. The third-order valence-electron chi connectivity index (χ3n) is 2.86. The molecule has 1 aromatic carbocycles. The highest BCUT2D eigenvalue weighted by Gasteiger charge is 2.36. The zero-order valence-electron chi connectivity index (χ0n) is 11.7. The van der Waals surface area contributed by atoms with Crippen LogP contribution in [0.2, 0.25) is 0 Å². The summed E-state index contributed by atoms with van der Waals surface area (Å²) in [6.45, 7) is 4.07. The minimum Gasteiger partial charge on any atom is -0.459 e. The van der Waals surface area contributed by atoms with Crippen molar-refractivity contribution < 1.29 is 9.21 Å². The number of nitrogens with one attached hydrogen (secondary N) is 1. The van der Waals surface area contributed by atoms with E-state index >= 15 is 0 Å². The van der Waals surface area contributed by atoms with E-state index in [9.17, 15) is 4.79 Å². The monoisotopic (exact) mass is 301 g/mol. The fourth-order valence-corrected chi connectivity index (χ4v) is 2.95. The summed E-state index contributed by atoms with van der Waals surface area (Å²) in [5.74, 6) is -0.149. The molecule has 2 aromatic rings. The molecule has 0 spiro atoms. The van der Waals surface area contributed by atoms with Crippen LogP contribution in [0.5, 0.6) is 0 Å². The number of hydrogen-bond donors (Lipinski definition) is 1. The molecule has 1 saturated heterocycles. The molecule has 0 aliphatic carbocycles. The number of rotatable bonds is 2. The second-order valence-corrected chi connectivity index (χ2v) is 6.66. The average molecular weight is 301 g/mol. The zero-order valence-corrected chi connectivity index (χ0v) is 12.6. The maximum absolute atomic E-state index is 12.1. The van der Waals surface area contributed by atoms with Gasteiger partial charge in [0.1, 0.15) is 0 Å². The van der Waals surface area contributed by atoms with Crippen molar-refractivity contribution in [2.45, 2.75) is 18.7 Å². The second-order valence-electron chi connectivity index (χ2n) is 5.07. The van der Waals surface area contributed by atoms with Gasteiger partial charge >= 0.3 is 5.91 Å². The first-order valence-electron chi connectivity index (χ1n) is 6.54. The van der Waals surface area contributed by atoms with Gasteiger partial charge in [0, 0.05) is 0 Å². The summed E-state index contributed by atoms with van der Waals surface area (Å²) in [5.41, 5.74) is 4.26. The highest BCUT2D eigenvalue weighted by Crippen LogP contribution is 2.34. The molecule has 0 atom stereocenters. The van der Waals surface area contributed by atoms with Crippen molar-refractivity contribution in [2.75, 3.05) is 5.01 Å². The fraction of sp³-hybridized carbons (Fsp3) is 0.200. The molecule has 6 heteroatoms. The number of carbonyl (C=O) groups excluding carboxylic acids is 1. The first-order valence-corrected chi connectivity index (χ1v) is 7.35. The summed E-state index contributed by atoms with van der Waals surface area (Å²) >= 11 is 1.50. The van der Waals surface area contributed by atoms with Crippen molar-refractivity contribution >= 4 is 28.5 Å². The Morgan fingerprint density at radius 2 is 2.00 bits per heavy atom. The van der Waals surface area contributed by atoms with Crippen molar-refractivity contribution in [3.63, 3.8) is 0 Å². The van der Waals surface area contributed by atoms with Crippen molar-refractivity contribution in [1.29, 1.82) is 0 Å². The molecule has 2 heterocycles. The molecule has 3 rings (SSSR count). The number of benzene rings is 1. The van der Waals surface area contributed by atoms with Crippen LogP contribution in [0, 0.1) is 0 Å². The van der Waals surface area contributed by atoms with E-state index in [0.29, 0.717) is 5.17 Å². The van der Waals surface area contributed by atoms with Crippen molar-refractivity contribution in [1.82, 2.24) is 5.43 Å². The van der Waals surface area contributed by atoms with Crippen molar-refractivity contribution in [3.8, 4) is 0 Å². The number of carbonyl (C=O) groups is 1. The van der Waals surface area contributed by atoms with Crippen LogP contribution in [0.4, 0.5) is 5.69 Å². The SMILES string of the molecule is CC1(C)NN(c2ccccc2)C(=NC(=O)c2ccco2)S1. The average Bonchev–Trinajstić information content (AvgIpc) is 3.07. The minimum atomic E-state index is -0.386. The van der Waals surface area contributed by atoms with E-state index in [-0.39, 0.29) is 16.5 Å². The molecule has 1 aliphatic rings. The van der Waals surface area contributed by atoms with E-state index in [2.05, 4.69) is 10.4 Å². The predicted molar refractivity (Wildman–Crippen MR) is 84.2 cm³/mol. The number of amidine groups is 1. The topological polar surface area (TPSA) is 57.8 Å². The van der Waals surface area contributed by atoms with Crippen LogP contribution in [0.25, 0.3) is 0 Å². The van der Waals surface area contributed by atoms with Crippen LogP contribution in [0.1, 0.15) is 24.4 Å². The van der Waals surface area contributed by atoms with Gasteiger partial charge in [-0.25, -0.2) is 5.43 Å². The number of hydrazine groups is 1. The number of nitrogens with zero attached hydrogens (tertiary/aromatic N) is 2. The Hall–Kier alpha value is -2.05. The van der Waals surface area contributed by atoms with E-state index in [1.807, 2.05) is 49.2 Å². The smallest absolute Gasteiger partial charge is 0.315 e. The van der Waals surface area contributed by atoms with Crippen LogP contribution in [-0.4, -0.2) is 15.9 Å². The van der Waals surface area contributed by atoms with Gasteiger partial charge in [0.25, 0.3) is 0 Å². The number of anilines is 1. The Morgan fingerprint density at radius 1 is 1.24 bits per heavy atom. The number of thioether (sulfide) groups is 1. The van der Waals surface area contributed by atoms with Crippen molar-refractivity contribution in [2.24, 2.45) is 4.99 Å². The van der Waals surface area contributed by atoms with E-state index < -0.39 is 0 Å². The molecule has 5 nitrogen and oxygen atoms in total. The number of amides is 1. The Balaban J connectivity index is 1.93. The largest absolute Gasteiger partial charge is 0.459 e. The molecule has 1 N–H and O–H groups in total. The quantitative estimate of drug-likeness (QED) is 0.922. The lowest BCUT2D eigenvalue weighted by atomic mass is 10.3. The van der Waals surface area contributed by atoms with Crippen LogP contribution < -0.4 is 10.4 Å². The van der Waals surface area contributed by atoms with Gasteiger partial charge in [0.05, 0.1) is 16.8 Å². The van der Waals surface area contributed by atoms with Gasteiger partial charge in [-0.2, -0.15) is 4.99 Å². The Kier molecular flexibility index (Phi) is 3.57. The van der Waals surface area contributed by atoms with Crippen molar-refractivity contribution in [3.05, 3.63) is 54.5 Å². The van der Waals surface area contributed by atoms with Gasteiger partial charge in [-0.05, 0) is 38.1 Å². The molecule has 0 unspecified atom stereocenters. The molecule has 0 bridgehead atoms. The molecule has 0 saturated carbocycles. The molecule has 21 heavy (non-hydrogen) atoms. The molecule has 1 aliphatic heterocycles. The first-order chi connectivity index (χ1) is 10.1. The maximum Gasteiger partial charge on any atom is 0.315 e. The summed E-state index contributed by atoms with van der Waals surface area (Å²) in [5, 5.41) is 2.43. The van der Waals surface area contributed by atoms with Gasteiger partial charge in [-0.15, -0.1) is 0 Å². The summed E-state index contributed by atoms with van der Waals surface area (Å²) in [7, 11) is 0. The lowest BCUT2D eigenvalue weighted by Gasteiger charge is -2.21. The third kappa shape index (κ3) is 3.01. The Bertz CT molecular complexity index is 665. The van der Waals surface area contributed by atoms with Gasteiger partial charge in [-0.3, -0.25) is 9.80 Å². The third-order valence-corrected chi connectivity index (χ3v) is 3.92. The Labute approximate surface area is 127 Å². The number of hydrogen-bond acceptors (Lipinski definition) is 4. The molecule has 108 valence electrons. The van der Waals surface area contributed by atoms with Crippen LogP contribution in [0.15, 0.2) is 58.1 Å². The van der Waals surface area contributed by atoms with E-state index in [4.69, 9.17) is 4.42 Å². The van der Waals surface area contributed by atoms with E-state index in [0.717, 1.165) is 5.69 Å². The Morgan fingerprint density at radius 3 is 2.67 bits per heavy atom. The molecular formula is C15H15N3O2S. The first kappa shape index (κ1) is 13.9.